The van der Waals surface area contributed by atoms with Crippen LogP contribution in [0.15, 0.2) is 70.6 Å². The van der Waals surface area contributed by atoms with E-state index >= 15 is 0 Å². The van der Waals surface area contributed by atoms with Gasteiger partial charge < -0.3 is 10.3 Å². The quantitative estimate of drug-likeness (QED) is 0.355. The largest absolute Gasteiger partial charge is 0.348 e. The average Bonchev–Trinajstić information content (AvgIpc) is 3.38. The van der Waals surface area contributed by atoms with Crippen LogP contribution in [0.1, 0.15) is 5.82 Å². The van der Waals surface area contributed by atoms with Crippen LogP contribution in [0.2, 0.25) is 0 Å². The molecular weight excluding hydrogens is 414 g/mol. The molecule has 0 aliphatic carbocycles. The fourth-order valence-electron chi connectivity index (χ4n) is 3.15. The third kappa shape index (κ3) is 4.05. The van der Waals surface area contributed by atoms with Crippen LogP contribution in [0.25, 0.3) is 28.1 Å². The predicted molar refractivity (Wildman–Crippen MR) is 118 cm³/mol. The second kappa shape index (κ2) is 8.07. The first kappa shape index (κ1) is 19.1. The van der Waals surface area contributed by atoms with Crippen LogP contribution in [-0.2, 0) is 11.3 Å². The maximum absolute atomic E-state index is 12.4. The molecule has 10 heteroatoms. The van der Waals surface area contributed by atoms with E-state index in [-0.39, 0.29) is 17.2 Å². The molecule has 0 aliphatic heterocycles. The summed E-state index contributed by atoms with van der Waals surface area (Å²) in [5, 5.41) is 6.00. The lowest BCUT2D eigenvalue weighted by Crippen LogP contribution is -2.25. The number of thioether (sulfide) groups is 1. The van der Waals surface area contributed by atoms with E-state index in [0.29, 0.717) is 29.0 Å². The van der Waals surface area contributed by atoms with Crippen LogP contribution in [-0.4, -0.2) is 41.2 Å². The summed E-state index contributed by atoms with van der Waals surface area (Å²) in [7, 11) is 0. The lowest BCUT2D eigenvalue weighted by atomic mass is 10.2. The number of rotatable bonds is 6. The Bertz CT molecular complexity index is 1410. The number of nitrogens with zero attached hydrogens (tertiary/aromatic N) is 4. The van der Waals surface area contributed by atoms with Crippen molar-refractivity contribution in [3.63, 3.8) is 0 Å². The number of nitrogens with one attached hydrogen (secondary N) is 3. The number of fused-ring (bicyclic) bond motifs is 2. The highest BCUT2D eigenvalue weighted by Gasteiger charge is 2.13. The highest BCUT2D eigenvalue weighted by atomic mass is 32.2. The Labute approximate surface area is 179 Å². The van der Waals surface area contributed by atoms with E-state index in [9.17, 15) is 9.59 Å². The zero-order valence-corrected chi connectivity index (χ0v) is 17.0. The van der Waals surface area contributed by atoms with E-state index < -0.39 is 0 Å². The summed E-state index contributed by atoms with van der Waals surface area (Å²) < 4.78 is 1.49. The molecule has 5 rings (SSSR count). The summed E-state index contributed by atoms with van der Waals surface area (Å²) in [5.41, 5.74) is 2.78. The average molecular weight is 431 g/mol. The fourth-order valence-corrected chi connectivity index (χ4v) is 3.93. The Kier molecular flexibility index (Phi) is 4.97. The Morgan fingerprint density at radius 2 is 1.84 bits per heavy atom. The van der Waals surface area contributed by atoms with Crippen LogP contribution in [0.3, 0.4) is 0 Å². The van der Waals surface area contributed by atoms with Crippen molar-refractivity contribution in [1.82, 2.24) is 34.9 Å². The standard InChI is InChI=1S/C21H17N7O2S/c29-18-10-17-25-20(13-6-2-1-3-7-13)26-21(28(17)27-18)31-12-19(30)22-11-16-23-14-8-4-5-9-15(14)24-16/h1-10H,11-12H2,(H,22,30)(H,23,24)(H,27,29). The number of aromatic amines is 2. The first-order valence-electron chi connectivity index (χ1n) is 9.54. The van der Waals surface area contributed by atoms with Crippen LogP contribution in [0.4, 0.5) is 0 Å². The van der Waals surface area contributed by atoms with Crippen LogP contribution < -0.4 is 10.9 Å². The fraction of sp³-hybridized carbons (Fsp3) is 0.0952. The smallest absolute Gasteiger partial charge is 0.266 e. The van der Waals surface area contributed by atoms with Gasteiger partial charge in [0.1, 0.15) is 5.82 Å². The lowest BCUT2D eigenvalue weighted by molar-refractivity contribution is -0.118. The molecule has 0 saturated carbocycles. The van der Waals surface area contributed by atoms with Crippen molar-refractivity contribution in [1.29, 1.82) is 0 Å². The van der Waals surface area contributed by atoms with Crippen molar-refractivity contribution in [2.75, 3.05) is 5.75 Å². The molecule has 9 nitrogen and oxygen atoms in total. The normalized spacial score (nSPS) is 11.2. The number of benzene rings is 2. The molecule has 0 fully saturated rings. The van der Waals surface area contributed by atoms with Gasteiger partial charge in [0.25, 0.3) is 5.56 Å². The molecule has 0 aliphatic rings. The van der Waals surface area contributed by atoms with Crippen molar-refractivity contribution in [3.05, 3.63) is 76.8 Å². The van der Waals surface area contributed by atoms with E-state index in [4.69, 9.17) is 0 Å². The molecule has 3 heterocycles. The monoisotopic (exact) mass is 431 g/mol. The second-order valence-corrected chi connectivity index (χ2v) is 7.72. The summed E-state index contributed by atoms with van der Waals surface area (Å²) in [6, 6.07) is 18.6. The minimum Gasteiger partial charge on any atom is -0.348 e. The van der Waals surface area contributed by atoms with Gasteiger partial charge in [0.15, 0.2) is 16.6 Å². The first-order valence-corrected chi connectivity index (χ1v) is 10.5. The maximum atomic E-state index is 12.4. The van der Waals surface area contributed by atoms with Gasteiger partial charge in [-0.05, 0) is 12.1 Å². The molecule has 0 unspecified atom stereocenters. The van der Waals surface area contributed by atoms with Crippen LogP contribution in [0.5, 0.6) is 0 Å². The third-order valence-electron chi connectivity index (χ3n) is 4.58. The number of carbonyl (C=O) groups is 1. The summed E-state index contributed by atoms with van der Waals surface area (Å²) in [5.74, 6) is 1.13. The molecule has 0 bridgehead atoms. The van der Waals surface area contributed by atoms with Gasteiger partial charge in [0.2, 0.25) is 5.91 Å². The molecule has 0 saturated heterocycles. The summed E-state index contributed by atoms with van der Waals surface area (Å²) in [4.78, 5) is 40.8. The van der Waals surface area contributed by atoms with E-state index in [1.807, 2.05) is 54.6 Å². The van der Waals surface area contributed by atoms with Crippen molar-refractivity contribution >= 4 is 34.3 Å². The number of hydrogen-bond donors (Lipinski definition) is 3. The van der Waals surface area contributed by atoms with Gasteiger partial charge in [-0.15, -0.1) is 0 Å². The zero-order chi connectivity index (χ0) is 21.2. The molecular formula is C21H17N7O2S. The lowest BCUT2D eigenvalue weighted by Gasteiger charge is -2.07. The highest BCUT2D eigenvalue weighted by Crippen LogP contribution is 2.21. The predicted octanol–water partition coefficient (Wildman–Crippen LogP) is 2.37. The number of hydrogen-bond acceptors (Lipinski definition) is 6. The Balaban J connectivity index is 1.31. The van der Waals surface area contributed by atoms with E-state index in [2.05, 4.69) is 30.4 Å². The van der Waals surface area contributed by atoms with E-state index in [1.165, 1.54) is 22.3 Å². The van der Waals surface area contributed by atoms with Crippen LogP contribution >= 0.6 is 11.8 Å². The van der Waals surface area contributed by atoms with Crippen molar-refractivity contribution in [2.24, 2.45) is 0 Å². The van der Waals surface area contributed by atoms with Crippen molar-refractivity contribution in [2.45, 2.75) is 11.7 Å². The SMILES string of the molecule is O=C(CSc1nc(-c2ccccc2)nc2cc(=O)[nH]n12)NCc1nc2ccccc2[nH]1. The maximum Gasteiger partial charge on any atom is 0.266 e. The Morgan fingerprint density at radius 1 is 1.03 bits per heavy atom. The van der Waals surface area contributed by atoms with Crippen molar-refractivity contribution < 1.29 is 4.79 Å². The molecule has 0 atom stereocenters. The number of amides is 1. The van der Waals surface area contributed by atoms with Gasteiger partial charge in [-0.1, -0.05) is 54.2 Å². The van der Waals surface area contributed by atoms with Crippen LogP contribution in [0, 0.1) is 0 Å². The Hall–Kier alpha value is -3.92. The van der Waals surface area contributed by atoms with Gasteiger partial charge in [-0.3, -0.25) is 14.7 Å². The number of imidazole rings is 1. The van der Waals surface area contributed by atoms with Gasteiger partial charge >= 0.3 is 0 Å². The van der Waals surface area contributed by atoms with Gasteiger partial charge in [0, 0.05) is 11.6 Å². The molecule has 1 amide bonds. The molecule has 31 heavy (non-hydrogen) atoms. The number of carbonyl (C=O) groups excluding carboxylic acids is 1. The van der Waals surface area contributed by atoms with E-state index in [0.717, 1.165) is 16.6 Å². The third-order valence-corrected chi connectivity index (χ3v) is 5.52. The summed E-state index contributed by atoms with van der Waals surface area (Å²) in [6.45, 7) is 0.295. The molecule has 5 aromatic rings. The molecule has 3 aromatic heterocycles. The molecule has 0 radical (unpaired) electrons. The minimum absolute atomic E-state index is 0.126. The topological polar surface area (TPSA) is 121 Å². The molecule has 154 valence electrons. The van der Waals surface area contributed by atoms with Crippen molar-refractivity contribution in [3.8, 4) is 11.4 Å². The minimum atomic E-state index is -0.282. The number of H-pyrrole nitrogens is 2. The Morgan fingerprint density at radius 3 is 2.68 bits per heavy atom. The zero-order valence-electron chi connectivity index (χ0n) is 16.2. The first-order chi connectivity index (χ1) is 15.2. The molecule has 3 N–H and O–H groups in total. The molecule has 2 aromatic carbocycles. The highest BCUT2D eigenvalue weighted by molar-refractivity contribution is 7.99. The summed E-state index contributed by atoms with van der Waals surface area (Å²) >= 11 is 1.22. The molecule has 0 spiro atoms. The van der Waals surface area contributed by atoms with Gasteiger partial charge in [-0.2, -0.15) is 0 Å². The van der Waals surface area contributed by atoms with E-state index in [1.54, 1.807) is 0 Å². The van der Waals surface area contributed by atoms with Gasteiger partial charge in [-0.25, -0.2) is 19.5 Å². The number of aromatic nitrogens is 6. The second-order valence-electron chi connectivity index (χ2n) is 6.78. The summed E-state index contributed by atoms with van der Waals surface area (Å²) in [6.07, 6.45) is 0. The van der Waals surface area contributed by atoms with Gasteiger partial charge in [0.05, 0.1) is 23.3 Å². The number of para-hydroxylation sites is 2.